The Hall–Kier alpha value is -1.79. The number of rotatable bonds is 5. The zero-order valence-electron chi connectivity index (χ0n) is 9.65. The fraction of sp³-hybridized carbons (Fsp3) is 0.357. The second kappa shape index (κ2) is 7.48. The molecule has 0 aromatic heterocycles. The molecular weight excluding hydrogens is 216 g/mol. The van der Waals surface area contributed by atoms with Crippen LogP contribution in [0.1, 0.15) is 30.4 Å². The molecule has 2 N–H and O–H groups in total. The van der Waals surface area contributed by atoms with E-state index in [4.69, 9.17) is 10.2 Å². The molecule has 0 aliphatic rings. The number of carboxylic acid groups (broad SMARTS) is 1. The second-order valence-corrected chi connectivity index (χ2v) is 3.72. The topological polar surface area (TPSA) is 57.5 Å². The van der Waals surface area contributed by atoms with Crippen molar-refractivity contribution in [2.24, 2.45) is 0 Å². The lowest BCUT2D eigenvalue weighted by molar-refractivity contribution is -0.137. The molecule has 0 bridgehead atoms. The van der Waals surface area contributed by atoms with E-state index < -0.39 is 5.97 Å². The largest absolute Gasteiger partial charge is 0.481 e. The number of carboxylic acids is 1. The molecule has 1 aromatic rings. The summed E-state index contributed by atoms with van der Waals surface area (Å²) in [5, 5.41) is 17.1. The standard InChI is InChI=1S/C14H16O3/c15-11-2-1-4-12-7-9-13(10-8-12)5-3-6-14(16)17/h7-10,15H,2-3,5-6,11H2,(H,16,17). The molecule has 0 amide bonds. The Kier molecular flexibility index (Phi) is 5.84. The lowest BCUT2D eigenvalue weighted by atomic mass is 10.1. The van der Waals surface area contributed by atoms with Crippen LogP contribution in [0.25, 0.3) is 0 Å². The van der Waals surface area contributed by atoms with Crippen molar-refractivity contribution in [2.45, 2.75) is 25.7 Å². The summed E-state index contributed by atoms with van der Waals surface area (Å²) in [6.45, 7) is 0.0836. The quantitative estimate of drug-likeness (QED) is 0.761. The van der Waals surface area contributed by atoms with Crippen molar-refractivity contribution in [2.75, 3.05) is 6.61 Å². The van der Waals surface area contributed by atoms with Gasteiger partial charge in [0.2, 0.25) is 0 Å². The van der Waals surface area contributed by atoms with E-state index >= 15 is 0 Å². The molecule has 0 radical (unpaired) electrons. The van der Waals surface area contributed by atoms with Crippen molar-refractivity contribution in [3.63, 3.8) is 0 Å². The minimum Gasteiger partial charge on any atom is -0.481 e. The molecule has 17 heavy (non-hydrogen) atoms. The predicted molar refractivity (Wildman–Crippen MR) is 65.6 cm³/mol. The highest BCUT2D eigenvalue weighted by molar-refractivity contribution is 5.66. The first-order valence-corrected chi connectivity index (χ1v) is 5.63. The van der Waals surface area contributed by atoms with Crippen molar-refractivity contribution < 1.29 is 15.0 Å². The van der Waals surface area contributed by atoms with Crippen LogP contribution in [0.4, 0.5) is 0 Å². The molecule has 3 heteroatoms. The molecule has 1 aromatic carbocycles. The van der Waals surface area contributed by atoms with Crippen molar-refractivity contribution >= 4 is 5.97 Å². The van der Waals surface area contributed by atoms with Gasteiger partial charge in [-0.05, 0) is 30.5 Å². The molecule has 0 aliphatic carbocycles. The molecule has 0 spiro atoms. The van der Waals surface area contributed by atoms with E-state index in [2.05, 4.69) is 11.8 Å². The van der Waals surface area contributed by atoms with Crippen LogP contribution in [0.2, 0.25) is 0 Å². The molecule has 90 valence electrons. The molecular formula is C14H16O3. The summed E-state index contributed by atoms with van der Waals surface area (Å²) in [6, 6.07) is 7.76. The molecule has 0 atom stereocenters. The summed E-state index contributed by atoms with van der Waals surface area (Å²) >= 11 is 0. The van der Waals surface area contributed by atoms with Gasteiger partial charge in [-0.3, -0.25) is 4.79 Å². The van der Waals surface area contributed by atoms with Gasteiger partial charge in [-0.2, -0.15) is 0 Å². The van der Waals surface area contributed by atoms with E-state index in [1.807, 2.05) is 24.3 Å². The van der Waals surface area contributed by atoms with E-state index in [1.54, 1.807) is 0 Å². The molecule has 0 saturated carbocycles. The summed E-state index contributed by atoms with van der Waals surface area (Å²) in [4.78, 5) is 10.4. The van der Waals surface area contributed by atoms with E-state index in [9.17, 15) is 4.79 Å². The fourth-order valence-electron chi connectivity index (χ4n) is 1.42. The van der Waals surface area contributed by atoms with Gasteiger partial charge >= 0.3 is 5.97 Å². The molecule has 0 fully saturated rings. The summed E-state index contributed by atoms with van der Waals surface area (Å²) in [5.74, 6) is 5.04. The zero-order valence-corrected chi connectivity index (χ0v) is 9.65. The van der Waals surface area contributed by atoms with Gasteiger partial charge in [0.1, 0.15) is 0 Å². The number of hydrogen-bond acceptors (Lipinski definition) is 2. The maximum Gasteiger partial charge on any atom is 0.303 e. The Balaban J connectivity index is 2.45. The second-order valence-electron chi connectivity index (χ2n) is 3.72. The summed E-state index contributed by atoms with van der Waals surface area (Å²) in [5.41, 5.74) is 2.04. The highest BCUT2D eigenvalue weighted by Crippen LogP contribution is 2.07. The highest BCUT2D eigenvalue weighted by atomic mass is 16.4. The number of aryl methyl sites for hydroxylation is 1. The third-order valence-electron chi connectivity index (χ3n) is 2.28. The van der Waals surface area contributed by atoms with E-state index in [-0.39, 0.29) is 13.0 Å². The van der Waals surface area contributed by atoms with Crippen LogP contribution in [-0.2, 0) is 11.2 Å². The Morgan fingerprint density at radius 1 is 1.24 bits per heavy atom. The normalized spacial score (nSPS) is 9.47. The number of hydrogen-bond donors (Lipinski definition) is 2. The Labute approximate surface area is 101 Å². The minimum absolute atomic E-state index is 0.0836. The van der Waals surface area contributed by atoms with Crippen LogP contribution >= 0.6 is 0 Å². The van der Waals surface area contributed by atoms with Crippen molar-refractivity contribution in [3.8, 4) is 11.8 Å². The van der Waals surface area contributed by atoms with Crippen molar-refractivity contribution in [1.82, 2.24) is 0 Å². The van der Waals surface area contributed by atoms with Crippen LogP contribution < -0.4 is 0 Å². The molecule has 3 nitrogen and oxygen atoms in total. The highest BCUT2D eigenvalue weighted by Gasteiger charge is 1.98. The number of aliphatic hydroxyl groups excluding tert-OH is 1. The van der Waals surface area contributed by atoms with Gasteiger partial charge in [-0.15, -0.1) is 0 Å². The van der Waals surface area contributed by atoms with E-state index in [0.29, 0.717) is 12.8 Å². The average molecular weight is 232 g/mol. The van der Waals surface area contributed by atoms with Crippen LogP contribution in [0.5, 0.6) is 0 Å². The van der Waals surface area contributed by atoms with E-state index in [1.165, 1.54) is 0 Å². The Bertz CT molecular complexity index is 409. The van der Waals surface area contributed by atoms with Crippen LogP contribution in [-0.4, -0.2) is 22.8 Å². The predicted octanol–water partition coefficient (Wildman–Crippen LogP) is 1.83. The van der Waals surface area contributed by atoms with Gasteiger partial charge in [0.05, 0.1) is 6.61 Å². The summed E-state index contributed by atoms with van der Waals surface area (Å²) in [6.07, 6.45) is 2.12. The Morgan fingerprint density at radius 3 is 2.53 bits per heavy atom. The number of aliphatic carboxylic acids is 1. The van der Waals surface area contributed by atoms with Gasteiger partial charge in [-0.25, -0.2) is 0 Å². The molecule has 1 rings (SSSR count). The SMILES string of the molecule is O=C(O)CCCc1ccc(C#CCCO)cc1. The molecule has 0 heterocycles. The van der Waals surface area contributed by atoms with Gasteiger partial charge in [-0.1, -0.05) is 24.0 Å². The molecule has 0 aliphatic heterocycles. The number of aliphatic hydroxyl groups is 1. The monoisotopic (exact) mass is 232 g/mol. The number of benzene rings is 1. The minimum atomic E-state index is -0.753. The van der Waals surface area contributed by atoms with Gasteiger partial charge in [0.25, 0.3) is 0 Å². The van der Waals surface area contributed by atoms with Gasteiger partial charge in [0.15, 0.2) is 0 Å². The lowest BCUT2D eigenvalue weighted by Gasteiger charge is -1.99. The van der Waals surface area contributed by atoms with Crippen molar-refractivity contribution in [3.05, 3.63) is 35.4 Å². The number of carbonyl (C=O) groups is 1. The summed E-state index contributed by atoms with van der Waals surface area (Å²) in [7, 11) is 0. The molecule has 0 saturated heterocycles. The lowest BCUT2D eigenvalue weighted by Crippen LogP contribution is -1.95. The van der Waals surface area contributed by atoms with Crippen LogP contribution in [0.3, 0.4) is 0 Å². The average Bonchev–Trinajstić information content (AvgIpc) is 2.31. The Morgan fingerprint density at radius 2 is 1.94 bits per heavy atom. The maximum absolute atomic E-state index is 10.4. The zero-order chi connectivity index (χ0) is 12.5. The van der Waals surface area contributed by atoms with Crippen molar-refractivity contribution in [1.29, 1.82) is 0 Å². The third-order valence-corrected chi connectivity index (χ3v) is 2.28. The van der Waals surface area contributed by atoms with Gasteiger partial charge in [0, 0.05) is 18.4 Å². The van der Waals surface area contributed by atoms with Crippen LogP contribution in [0, 0.1) is 11.8 Å². The van der Waals surface area contributed by atoms with E-state index in [0.717, 1.165) is 17.5 Å². The maximum atomic E-state index is 10.4. The molecule has 0 unspecified atom stereocenters. The first-order chi connectivity index (χ1) is 8.22. The smallest absolute Gasteiger partial charge is 0.303 e. The fourth-order valence-corrected chi connectivity index (χ4v) is 1.42. The summed E-state index contributed by atoms with van der Waals surface area (Å²) < 4.78 is 0. The first kappa shape index (κ1) is 13.3. The van der Waals surface area contributed by atoms with Crippen LogP contribution in [0.15, 0.2) is 24.3 Å². The first-order valence-electron chi connectivity index (χ1n) is 5.63. The van der Waals surface area contributed by atoms with Gasteiger partial charge < -0.3 is 10.2 Å². The third kappa shape index (κ3) is 5.74.